The number of aryl methyl sites for hydroxylation is 1. The van der Waals surface area contributed by atoms with Crippen molar-refractivity contribution in [1.82, 2.24) is 19.2 Å². The van der Waals surface area contributed by atoms with Crippen molar-refractivity contribution in [3.05, 3.63) is 47.5 Å². The summed E-state index contributed by atoms with van der Waals surface area (Å²) in [5, 5.41) is 0. The van der Waals surface area contributed by atoms with Crippen molar-refractivity contribution in [3.8, 4) is 0 Å². The lowest BCUT2D eigenvalue weighted by Gasteiger charge is -2.27. The van der Waals surface area contributed by atoms with Crippen molar-refractivity contribution in [2.24, 2.45) is 0 Å². The first-order valence-electron chi connectivity index (χ1n) is 9.32. The molecule has 3 rings (SSSR count). The number of rotatable bonds is 4. The van der Waals surface area contributed by atoms with Gasteiger partial charge in [-0.1, -0.05) is 6.07 Å². The van der Waals surface area contributed by atoms with Crippen molar-refractivity contribution in [2.75, 3.05) is 25.9 Å². The SMILES string of the molecule is Cc1nc(N)ncc1C(=O)N1CCC[C@H](N(C)S(=O)(=O)c2cccc(F)c2)CC1. The zero-order chi connectivity index (χ0) is 21.2. The largest absolute Gasteiger partial charge is 0.368 e. The fraction of sp³-hybridized carbons (Fsp3) is 0.421. The van der Waals surface area contributed by atoms with Gasteiger partial charge in [0, 0.05) is 32.4 Å². The summed E-state index contributed by atoms with van der Waals surface area (Å²) in [6, 6.07) is 4.69. The van der Waals surface area contributed by atoms with Crippen molar-refractivity contribution >= 4 is 21.9 Å². The molecule has 0 saturated carbocycles. The first kappa shape index (κ1) is 21.1. The molecule has 0 bridgehead atoms. The van der Waals surface area contributed by atoms with E-state index >= 15 is 0 Å². The number of hydrogen-bond acceptors (Lipinski definition) is 6. The Labute approximate surface area is 169 Å². The summed E-state index contributed by atoms with van der Waals surface area (Å²) >= 11 is 0. The highest BCUT2D eigenvalue weighted by molar-refractivity contribution is 7.89. The van der Waals surface area contributed by atoms with E-state index in [1.807, 2.05) is 0 Å². The van der Waals surface area contributed by atoms with E-state index in [1.165, 1.54) is 35.7 Å². The Morgan fingerprint density at radius 1 is 1.31 bits per heavy atom. The molecule has 156 valence electrons. The van der Waals surface area contributed by atoms with Crippen LogP contribution in [-0.4, -0.2) is 59.7 Å². The summed E-state index contributed by atoms with van der Waals surface area (Å²) in [5.74, 6) is -0.684. The molecule has 2 aromatic rings. The number of halogens is 1. The zero-order valence-electron chi connectivity index (χ0n) is 16.4. The minimum Gasteiger partial charge on any atom is -0.368 e. The Balaban J connectivity index is 1.73. The second kappa shape index (κ2) is 8.42. The van der Waals surface area contributed by atoms with Crippen LogP contribution < -0.4 is 5.73 Å². The molecule has 1 amide bonds. The van der Waals surface area contributed by atoms with Crippen LogP contribution in [0, 0.1) is 12.7 Å². The molecule has 1 aliphatic rings. The van der Waals surface area contributed by atoms with E-state index in [0.717, 1.165) is 6.07 Å². The van der Waals surface area contributed by atoms with Crippen LogP contribution in [0.4, 0.5) is 10.3 Å². The molecule has 10 heteroatoms. The number of carbonyl (C=O) groups excluding carboxylic acids is 1. The number of amides is 1. The van der Waals surface area contributed by atoms with E-state index in [1.54, 1.807) is 11.8 Å². The average Bonchev–Trinajstić information content (AvgIpc) is 2.93. The molecule has 2 heterocycles. The molecule has 29 heavy (non-hydrogen) atoms. The number of nitrogens with two attached hydrogens (primary N) is 1. The molecular formula is C19H24FN5O3S. The van der Waals surface area contributed by atoms with Gasteiger partial charge in [0.15, 0.2) is 0 Å². The maximum absolute atomic E-state index is 13.5. The van der Waals surface area contributed by atoms with E-state index in [2.05, 4.69) is 9.97 Å². The fourth-order valence-corrected chi connectivity index (χ4v) is 4.95. The van der Waals surface area contributed by atoms with Gasteiger partial charge in [0.05, 0.1) is 16.2 Å². The maximum atomic E-state index is 13.5. The second-order valence-corrected chi connectivity index (χ2v) is 9.08. The predicted molar refractivity (Wildman–Crippen MR) is 106 cm³/mol. The van der Waals surface area contributed by atoms with E-state index in [-0.39, 0.29) is 22.8 Å². The first-order valence-corrected chi connectivity index (χ1v) is 10.8. The molecule has 2 N–H and O–H groups in total. The number of nitrogen functional groups attached to an aromatic ring is 1. The Morgan fingerprint density at radius 3 is 2.76 bits per heavy atom. The molecule has 8 nitrogen and oxygen atoms in total. The van der Waals surface area contributed by atoms with Crippen LogP contribution in [0.5, 0.6) is 0 Å². The van der Waals surface area contributed by atoms with Gasteiger partial charge in [-0.3, -0.25) is 4.79 Å². The Kier molecular flexibility index (Phi) is 6.13. The lowest BCUT2D eigenvalue weighted by molar-refractivity contribution is 0.0758. The van der Waals surface area contributed by atoms with Gasteiger partial charge in [0.2, 0.25) is 16.0 Å². The minimum atomic E-state index is -3.82. The highest BCUT2D eigenvalue weighted by atomic mass is 32.2. The summed E-state index contributed by atoms with van der Waals surface area (Å²) in [5.41, 5.74) is 6.44. The molecular weight excluding hydrogens is 397 g/mol. The van der Waals surface area contributed by atoms with Gasteiger partial charge in [-0.15, -0.1) is 0 Å². The molecule has 1 aromatic heterocycles. The highest BCUT2D eigenvalue weighted by Gasteiger charge is 2.31. The van der Waals surface area contributed by atoms with Crippen molar-refractivity contribution in [2.45, 2.75) is 37.1 Å². The van der Waals surface area contributed by atoms with Crippen molar-refractivity contribution in [3.63, 3.8) is 0 Å². The monoisotopic (exact) mass is 421 g/mol. The van der Waals surface area contributed by atoms with Crippen LogP contribution in [-0.2, 0) is 10.0 Å². The topological polar surface area (TPSA) is 109 Å². The average molecular weight is 421 g/mol. The van der Waals surface area contributed by atoms with Crippen LogP contribution in [0.15, 0.2) is 35.4 Å². The quantitative estimate of drug-likeness (QED) is 0.807. The second-order valence-electron chi connectivity index (χ2n) is 7.08. The van der Waals surface area contributed by atoms with Gasteiger partial charge >= 0.3 is 0 Å². The van der Waals surface area contributed by atoms with Gasteiger partial charge in [0.1, 0.15) is 5.82 Å². The number of nitrogens with zero attached hydrogens (tertiary/aromatic N) is 4. The van der Waals surface area contributed by atoms with Gasteiger partial charge in [0.25, 0.3) is 5.91 Å². The number of aromatic nitrogens is 2. The van der Waals surface area contributed by atoms with Gasteiger partial charge < -0.3 is 10.6 Å². The fourth-order valence-electron chi connectivity index (χ4n) is 3.50. The van der Waals surface area contributed by atoms with E-state index < -0.39 is 15.8 Å². The third-order valence-corrected chi connectivity index (χ3v) is 7.11. The van der Waals surface area contributed by atoms with Crippen molar-refractivity contribution in [1.29, 1.82) is 0 Å². The summed E-state index contributed by atoms with van der Waals surface area (Å²) in [7, 11) is -2.32. The molecule has 0 spiro atoms. The predicted octanol–water partition coefficient (Wildman–Crippen LogP) is 1.82. The third-order valence-electron chi connectivity index (χ3n) is 5.20. The van der Waals surface area contributed by atoms with E-state index in [9.17, 15) is 17.6 Å². The maximum Gasteiger partial charge on any atom is 0.257 e. The molecule has 0 radical (unpaired) electrons. The van der Waals surface area contributed by atoms with E-state index in [4.69, 9.17) is 5.73 Å². The van der Waals surface area contributed by atoms with Crippen LogP contribution >= 0.6 is 0 Å². The Morgan fingerprint density at radius 2 is 2.07 bits per heavy atom. The van der Waals surface area contributed by atoms with Crippen LogP contribution in [0.1, 0.15) is 35.3 Å². The molecule has 1 fully saturated rings. The first-order chi connectivity index (χ1) is 13.7. The lowest BCUT2D eigenvalue weighted by Crippen LogP contribution is -2.38. The molecule has 1 aromatic carbocycles. The number of carbonyl (C=O) groups is 1. The summed E-state index contributed by atoms with van der Waals surface area (Å²) < 4.78 is 40.5. The number of hydrogen-bond donors (Lipinski definition) is 1. The number of likely N-dealkylation sites (tertiary alicyclic amines) is 1. The van der Waals surface area contributed by atoms with Crippen LogP contribution in [0.2, 0.25) is 0 Å². The Bertz CT molecular complexity index is 1010. The van der Waals surface area contributed by atoms with Gasteiger partial charge in [-0.05, 0) is 44.4 Å². The van der Waals surface area contributed by atoms with Gasteiger partial charge in [-0.25, -0.2) is 22.8 Å². The smallest absolute Gasteiger partial charge is 0.257 e. The summed E-state index contributed by atoms with van der Waals surface area (Å²) in [6.45, 7) is 2.61. The molecule has 1 atom stereocenters. The third kappa shape index (κ3) is 4.54. The number of sulfonamides is 1. The Hall–Kier alpha value is -2.59. The standard InChI is InChI=1S/C19H24FN5O3S/c1-13-17(12-22-19(21)23-13)18(26)25-9-4-6-15(8-10-25)24(2)29(27,28)16-7-3-5-14(20)11-16/h3,5,7,11-12,15H,4,6,8-10H2,1-2H3,(H2,21,22,23)/t15-/m0/s1. The minimum absolute atomic E-state index is 0.0770. The van der Waals surface area contributed by atoms with Crippen molar-refractivity contribution < 1.29 is 17.6 Å². The van der Waals surface area contributed by atoms with Gasteiger partial charge in [-0.2, -0.15) is 4.31 Å². The number of benzene rings is 1. The molecule has 1 saturated heterocycles. The van der Waals surface area contributed by atoms with Crippen LogP contribution in [0.3, 0.4) is 0 Å². The highest BCUT2D eigenvalue weighted by Crippen LogP contribution is 2.24. The number of anilines is 1. The molecule has 1 aliphatic heterocycles. The zero-order valence-corrected chi connectivity index (χ0v) is 17.2. The normalized spacial score (nSPS) is 17.9. The molecule has 0 aliphatic carbocycles. The lowest BCUT2D eigenvalue weighted by atomic mass is 10.1. The summed E-state index contributed by atoms with van der Waals surface area (Å²) in [4.78, 5) is 22.4. The van der Waals surface area contributed by atoms with Crippen LogP contribution in [0.25, 0.3) is 0 Å². The van der Waals surface area contributed by atoms with E-state index in [0.29, 0.717) is 43.6 Å². The summed E-state index contributed by atoms with van der Waals surface area (Å²) in [6.07, 6.45) is 3.15. The molecule has 0 unspecified atom stereocenters.